The van der Waals surface area contributed by atoms with Crippen LogP contribution in [-0.4, -0.2) is 53.7 Å². The second-order valence-corrected chi connectivity index (χ2v) is 16.4. The average Bonchev–Trinajstić information content (AvgIpc) is 3.25. The quantitative estimate of drug-likeness (QED) is 0.116. The molecule has 3 N–H and O–H groups in total. The van der Waals surface area contributed by atoms with Crippen molar-refractivity contribution in [2.45, 2.75) is 63.6 Å². The summed E-state index contributed by atoms with van der Waals surface area (Å²) in [4.78, 5) is 27.2. The number of methoxy groups -OCH3 is 2. The Morgan fingerprint density at radius 2 is 1.49 bits per heavy atom. The lowest BCUT2D eigenvalue weighted by atomic mass is 9.56. The zero-order valence-corrected chi connectivity index (χ0v) is 34.5. The van der Waals surface area contributed by atoms with Crippen LogP contribution < -0.4 is 9.47 Å². The zero-order chi connectivity index (χ0) is 42.7. The molecule has 5 atom stereocenters. The lowest BCUT2D eigenvalue weighted by molar-refractivity contribution is -0.161. The molecule has 5 unspecified atom stereocenters. The number of phenolic OH excluding ortho intramolecular Hbond substituents is 3. The summed E-state index contributed by atoms with van der Waals surface area (Å²) in [6.45, 7) is 1.41. The molecule has 0 radical (unpaired) electrons. The lowest BCUT2D eigenvalue weighted by Gasteiger charge is -2.50. The molecule has 6 aromatic rings. The number of carbonyl (C=O) groups excluding carboxylic acids is 2. The molecule has 0 saturated heterocycles. The van der Waals surface area contributed by atoms with Gasteiger partial charge in [-0.25, -0.2) is 0 Å². The number of hydrogen-bond donors (Lipinski definition) is 3. The van der Waals surface area contributed by atoms with Crippen LogP contribution in [0.1, 0.15) is 59.9 Å². The van der Waals surface area contributed by atoms with E-state index in [1.54, 1.807) is 24.3 Å². The van der Waals surface area contributed by atoms with Crippen molar-refractivity contribution in [2.24, 2.45) is 11.3 Å². The molecule has 2 aliphatic carbocycles. The SMILES string of the molecule is COc1cc(C2CC(OC(=O)Cc3ccc4cc(O)cc(-c5ccccc5)c4c3)CC(OC(C)=O)C3Cc4cc(OC)c(O)cc4CC3(C=Cc3ccccc3)C2)ccc1O. The molecule has 0 spiro atoms. The zero-order valence-electron chi connectivity index (χ0n) is 34.5. The molecule has 6 aromatic carbocycles. The number of esters is 2. The van der Waals surface area contributed by atoms with Crippen molar-refractivity contribution in [3.63, 3.8) is 0 Å². The fraction of sp³-hybridized carbons (Fsp3) is 0.269. The predicted molar refractivity (Wildman–Crippen MR) is 235 cm³/mol. The smallest absolute Gasteiger partial charge is 0.310 e. The van der Waals surface area contributed by atoms with Crippen molar-refractivity contribution in [2.75, 3.05) is 14.2 Å². The number of fused-ring (bicyclic) bond motifs is 3. The van der Waals surface area contributed by atoms with Crippen LogP contribution in [0.15, 0.2) is 127 Å². The molecule has 9 heteroatoms. The Bertz CT molecular complexity index is 2580. The fourth-order valence-electron chi connectivity index (χ4n) is 9.67. The van der Waals surface area contributed by atoms with Gasteiger partial charge in [-0.2, -0.15) is 0 Å². The Morgan fingerprint density at radius 1 is 0.754 bits per heavy atom. The molecule has 1 fully saturated rings. The minimum atomic E-state index is -0.647. The van der Waals surface area contributed by atoms with Crippen LogP contribution in [0.4, 0.5) is 0 Å². The molecule has 61 heavy (non-hydrogen) atoms. The second kappa shape index (κ2) is 17.5. The maximum atomic E-state index is 14.1. The second-order valence-electron chi connectivity index (χ2n) is 16.4. The first-order valence-electron chi connectivity index (χ1n) is 20.7. The molecule has 312 valence electrons. The Labute approximate surface area is 355 Å². The van der Waals surface area contributed by atoms with Crippen molar-refractivity contribution >= 4 is 28.8 Å². The van der Waals surface area contributed by atoms with E-state index in [2.05, 4.69) is 12.2 Å². The summed E-state index contributed by atoms with van der Waals surface area (Å²) in [5, 5.41) is 33.9. The largest absolute Gasteiger partial charge is 0.508 e. The highest BCUT2D eigenvalue weighted by Gasteiger charge is 2.50. The van der Waals surface area contributed by atoms with Crippen molar-refractivity contribution in [3.05, 3.63) is 155 Å². The molecule has 0 aromatic heterocycles. The Kier molecular flexibility index (Phi) is 11.7. The number of aromatic hydroxyl groups is 3. The van der Waals surface area contributed by atoms with Crippen LogP contribution in [0, 0.1) is 11.3 Å². The predicted octanol–water partition coefficient (Wildman–Crippen LogP) is 10.1. The highest BCUT2D eigenvalue weighted by atomic mass is 16.6. The van der Waals surface area contributed by atoms with E-state index in [1.807, 2.05) is 97.1 Å². The number of hydrogen-bond acceptors (Lipinski definition) is 9. The molecule has 9 nitrogen and oxygen atoms in total. The first-order valence-corrected chi connectivity index (χ1v) is 20.7. The van der Waals surface area contributed by atoms with Gasteiger partial charge in [-0.05, 0) is 129 Å². The van der Waals surface area contributed by atoms with Crippen LogP contribution in [0.5, 0.6) is 28.7 Å². The molecule has 0 heterocycles. The Morgan fingerprint density at radius 3 is 2.23 bits per heavy atom. The van der Waals surface area contributed by atoms with Gasteiger partial charge in [0.2, 0.25) is 0 Å². The van der Waals surface area contributed by atoms with Crippen molar-refractivity contribution in [1.29, 1.82) is 0 Å². The summed E-state index contributed by atoms with van der Waals surface area (Å²) in [7, 11) is 3.04. The summed E-state index contributed by atoms with van der Waals surface area (Å²) in [5.74, 6) is -0.396. The summed E-state index contributed by atoms with van der Waals surface area (Å²) in [6, 6.07) is 38.1. The van der Waals surface area contributed by atoms with Gasteiger partial charge in [0.05, 0.1) is 20.6 Å². The van der Waals surface area contributed by atoms with Crippen molar-refractivity contribution in [1.82, 2.24) is 0 Å². The van der Waals surface area contributed by atoms with E-state index in [-0.39, 0.29) is 41.9 Å². The maximum Gasteiger partial charge on any atom is 0.310 e. The van der Waals surface area contributed by atoms with Crippen LogP contribution >= 0.6 is 0 Å². The fourth-order valence-corrected chi connectivity index (χ4v) is 9.67. The van der Waals surface area contributed by atoms with E-state index >= 15 is 0 Å². The van der Waals surface area contributed by atoms with Gasteiger partial charge in [0.1, 0.15) is 18.0 Å². The molecular formula is C52H50O9. The third-order valence-electron chi connectivity index (χ3n) is 12.5. The van der Waals surface area contributed by atoms with Gasteiger partial charge < -0.3 is 34.3 Å². The van der Waals surface area contributed by atoms with Gasteiger partial charge in [-0.15, -0.1) is 0 Å². The van der Waals surface area contributed by atoms with Crippen LogP contribution in [0.2, 0.25) is 0 Å². The lowest BCUT2D eigenvalue weighted by Crippen LogP contribution is -2.49. The van der Waals surface area contributed by atoms with Gasteiger partial charge in [0.15, 0.2) is 23.0 Å². The summed E-state index contributed by atoms with van der Waals surface area (Å²) < 4.78 is 23.9. The minimum absolute atomic E-state index is 0.00131. The van der Waals surface area contributed by atoms with E-state index in [0.717, 1.165) is 49.7 Å². The molecule has 1 saturated carbocycles. The normalized spacial score (nSPS) is 21.1. The van der Waals surface area contributed by atoms with E-state index in [9.17, 15) is 24.9 Å². The van der Waals surface area contributed by atoms with Crippen molar-refractivity contribution in [3.8, 4) is 39.9 Å². The monoisotopic (exact) mass is 818 g/mol. The average molecular weight is 819 g/mol. The third-order valence-corrected chi connectivity index (χ3v) is 12.5. The Balaban J connectivity index is 1.19. The highest BCUT2D eigenvalue weighted by Crippen LogP contribution is 2.54. The van der Waals surface area contributed by atoms with Crippen LogP contribution in [-0.2, 0) is 38.3 Å². The van der Waals surface area contributed by atoms with Crippen LogP contribution in [0.3, 0.4) is 0 Å². The van der Waals surface area contributed by atoms with E-state index in [0.29, 0.717) is 37.2 Å². The number of phenols is 3. The number of benzene rings is 6. The van der Waals surface area contributed by atoms with Gasteiger partial charge in [0.25, 0.3) is 0 Å². The summed E-state index contributed by atoms with van der Waals surface area (Å²) in [5.41, 5.74) is 5.83. The van der Waals surface area contributed by atoms with E-state index in [4.69, 9.17) is 18.9 Å². The molecule has 0 aliphatic heterocycles. The molecule has 0 bridgehead atoms. The first kappa shape index (κ1) is 41.0. The van der Waals surface area contributed by atoms with Crippen molar-refractivity contribution < 1.29 is 43.9 Å². The van der Waals surface area contributed by atoms with Crippen LogP contribution in [0.25, 0.3) is 28.0 Å². The molecule has 8 rings (SSSR count). The molecule has 2 aliphatic rings. The van der Waals surface area contributed by atoms with Gasteiger partial charge in [0, 0.05) is 19.3 Å². The minimum Gasteiger partial charge on any atom is -0.508 e. The first-order chi connectivity index (χ1) is 29.5. The van der Waals surface area contributed by atoms with E-state index < -0.39 is 29.6 Å². The Hall–Kier alpha value is -6.74. The number of rotatable bonds is 10. The highest BCUT2D eigenvalue weighted by molar-refractivity contribution is 5.98. The van der Waals surface area contributed by atoms with E-state index in [1.165, 1.54) is 21.1 Å². The van der Waals surface area contributed by atoms with Gasteiger partial charge in [-0.1, -0.05) is 91.0 Å². The number of carbonyl (C=O) groups is 2. The maximum absolute atomic E-state index is 14.1. The summed E-state index contributed by atoms with van der Waals surface area (Å²) >= 11 is 0. The molecule has 0 amide bonds. The standard InChI is InChI=1S/C52H50O9/c1-32(53)60-48-29-42(61-51(57)21-34-14-15-37-22-41(54)28-44(43(37)20-34)35-12-8-5-9-13-35)23-39(36-16-17-46(55)49(26-36)58-2)30-52(19-18-33-10-6-4-7-11-33)31-40-25-47(56)50(59-3)27-38(40)24-45(48)52/h4-20,22,25-28,39,42,45,48,54-56H,21,23-24,29-31H2,1-3H3. The third kappa shape index (κ3) is 8.92. The number of allylic oxidation sites excluding steroid dienone is 1. The topological polar surface area (TPSA) is 132 Å². The summed E-state index contributed by atoms with van der Waals surface area (Å²) in [6.07, 6.45) is 5.34. The van der Waals surface area contributed by atoms with Gasteiger partial charge in [-0.3, -0.25) is 9.59 Å². The molecular weight excluding hydrogens is 769 g/mol. The van der Waals surface area contributed by atoms with Gasteiger partial charge >= 0.3 is 11.9 Å². The number of ether oxygens (including phenoxy) is 4.